The fourth-order valence-electron chi connectivity index (χ4n) is 3.23. The van der Waals surface area contributed by atoms with Crippen molar-refractivity contribution in [3.05, 3.63) is 12.2 Å². The van der Waals surface area contributed by atoms with Gasteiger partial charge < -0.3 is 16.4 Å². The Morgan fingerprint density at radius 2 is 1.65 bits per heavy atom. The van der Waals surface area contributed by atoms with E-state index >= 15 is 0 Å². The summed E-state index contributed by atoms with van der Waals surface area (Å²) in [5, 5.41) is 6.90. The molecule has 4 nitrogen and oxygen atoms in total. The van der Waals surface area contributed by atoms with Gasteiger partial charge in [-0.3, -0.25) is 4.79 Å². The van der Waals surface area contributed by atoms with Crippen LogP contribution in [0.1, 0.15) is 78.1 Å². The van der Waals surface area contributed by atoms with Gasteiger partial charge in [-0.15, -0.1) is 0 Å². The first-order chi connectivity index (χ1) is 10.9. The van der Waals surface area contributed by atoms with Gasteiger partial charge in [0.15, 0.2) is 0 Å². The SMILES string of the molecule is CNC1(C)CCCCCC/C=C/CCCC(C)(C(N)=O)NCC1. The van der Waals surface area contributed by atoms with E-state index in [0.717, 1.165) is 32.2 Å². The van der Waals surface area contributed by atoms with Gasteiger partial charge in [0.2, 0.25) is 5.91 Å². The lowest BCUT2D eigenvalue weighted by Crippen LogP contribution is -2.54. The van der Waals surface area contributed by atoms with Crippen LogP contribution in [0.2, 0.25) is 0 Å². The number of primary amides is 1. The van der Waals surface area contributed by atoms with Gasteiger partial charge in [0, 0.05) is 5.54 Å². The Morgan fingerprint density at radius 3 is 2.30 bits per heavy atom. The largest absolute Gasteiger partial charge is 0.368 e. The molecule has 0 fully saturated rings. The van der Waals surface area contributed by atoms with Crippen LogP contribution in [0.4, 0.5) is 0 Å². The third kappa shape index (κ3) is 7.49. The van der Waals surface area contributed by atoms with Crippen molar-refractivity contribution in [2.45, 2.75) is 89.1 Å². The Kier molecular flexibility index (Phi) is 8.85. The molecule has 0 aromatic rings. The van der Waals surface area contributed by atoms with Gasteiger partial charge in [0.05, 0.1) is 5.54 Å². The number of carbonyl (C=O) groups is 1. The first kappa shape index (κ1) is 20.2. The van der Waals surface area contributed by atoms with E-state index in [2.05, 4.69) is 29.7 Å². The molecule has 23 heavy (non-hydrogen) atoms. The summed E-state index contributed by atoms with van der Waals surface area (Å²) in [5.41, 5.74) is 5.18. The van der Waals surface area contributed by atoms with Crippen LogP contribution < -0.4 is 16.4 Å². The molecule has 4 N–H and O–H groups in total. The van der Waals surface area contributed by atoms with E-state index in [1.165, 1.54) is 38.5 Å². The number of amides is 1. The smallest absolute Gasteiger partial charge is 0.237 e. The minimum absolute atomic E-state index is 0.128. The average molecular weight is 324 g/mol. The molecule has 1 aliphatic heterocycles. The highest BCUT2D eigenvalue weighted by molar-refractivity contribution is 5.84. The molecule has 0 aliphatic carbocycles. The summed E-state index contributed by atoms with van der Waals surface area (Å²) in [6.45, 7) is 5.04. The van der Waals surface area contributed by atoms with Crippen LogP contribution >= 0.6 is 0 Å². The van der Waals surface area contributed by atoms with Crippen molar-refractivity contribution < 1.29 is 4.79 Å². The van der Waals surface area contributed by atoms with Crippen molar-refractivity contribution in [2.24, 2.45) is 5.73 Å². The van der Waals surface area contributed by atoms with Gasteiger partial charge in [0.25, 0.3) is 0 Å². The molecule has 0 spiro atoms. The minimum atomic E-state index is -0.598. The van der Waals surface area contributed by atoms with Gasteiger partial charge >= 0.3 is 0 Å². The predicted molar refractivity (Wildman–Crippen MR) is 98.4 cm³/mol. The van der Waals surface area contributed by atoms with Gasteiger partial charge in [-0.2, -0.15) is 0 Å². The Balaban J connectivity index is 2.68. The zero-order valence-electron chi connectivity index (χ0n) is 15.4. The van der Waals surface area contributed by atoms with Crippen LogP contribution in [-0.4, -0.2) is 30.6 Å². The van der Waals surface area contributed by atoms with Crippen LogP contribution in [0, 0.1) is 0 Å². The van der Waals surface area contributed by atoms with E-state index in [1.807, 2.05) is 14.0 Å². The van der Waals surface area contributed by atoms with Gasteiger partial charge in [-0.25, -0.2) is 0 Å². The van der Waals surface area contributed by atoms with E-state index in [1.54, 1.807) is 0 Å². The number of carbonyl (C=O) groups excluding carboxylic acids is 1. The van der Waals surface area contributed by atoms with Crippen molar-refractivity contribution in [2.75, 3.05) is 13.6 Å². The molecule has 1 amide bonds. The molecule has 0 saturated carbocycles. The highest BCUT2D eigenvalue weighted by Gasteiger charge is 2.30. The van der Waals surface area contributed by atoms with Crippen LogP contribution in [-0.2, 0) is 4.79 Å². The number of rotatable bonds is 2. The Morgan fingerprint density at radius 1 is 1.00 bits per heavy atom. The summed E-state index contributed by atoms with van der Waals surface area (Å²) in [4.78, 5) is 11.9. The first-order valence-corrected chi connectivity index (χ1v) is 9.31. The summed E-state index contributed by atoms with van der Waals surface area (Å²) < 4.78 is 0. The van der Waals surface area contributed by atoms with E-state index in [4.69, 9.17) is 5.73 Å². The maximum Gasteiger partial charge on any atom is 0.237 e. The maximum atomic E-state index is 11.9. The molecule has 0 aromatic carbocycles. The standard InChI is InChI=1S/C19H37N3O/c1-18(21-3)13-11-9-7-5-4-6-8-10-12-14-19(2,17(20)23)22-16-15-18/h6,8,21-22H,4-5,7,9-16H2,1-3H3,(H2,20,23)/b8-6+. The lowest BCUT2D eigenvalue weighted by Gasteiger charge is -2.33. The average Bonchev–Trinajstić information content (AvgIpc) is 2.51. The summed E-state index contributed by atoms with van der Waals surface area (Å²) in [6, 6.07) is 0. The molecule has 0 radical (unpaired) electrons. The Labute approximate surface area is 142 Å². The molecule has 1 aliphatic rings. The first-order valence-electron chi connectivity index (χ1n) is 9.31. The van der Waals surface area contributed by atoms with Crippen molar-refractivity contribution >= 4 is 5.91 Å². The monoisotopic (exact) mass is 323 g/mol. The van der Waals surface area contributed by atoms with Crippen molar-refractivity contribution in [1.29, 1.82) is 0 Å². The zero-order chi connectivity index (χ0) is 17.2. The van der Waals surface area contributed by atoms with Gasteiger partial charge in [0.1, 0.15) is 0 Å². The second-order valence-electron chi connectivity index (χ2n) is 7.50. The fourth-order valence-corrected chi connectivity index (χ4v) is 3.23. The van der Waals surface area contributed by atoms with Crippen LogP contribution in [0.5, 0.6) is 0 Å². The lowest BCUT2D eigenvalue weighted by molar-refractivity contribution is -0.124. The Bertz CT molecular complexity index is 383. The molecule has 1 rings (SSSR count). The quantitative estimate of drug-likeness (QED) is 0.683. The zero-order valence-corrected chi connectivity index (χ0v) is 15.4. The molecular weight excluding hydrogens is 286 g/mol. The van der Waals surface area contributed by atoms with Crippen molar-refractivity contribution in [1.82, 2.24) is 10.6 Å². The Hall–Kier alpha value is -0.870. The molecule has 2 atom stereocenters. The number of hydrogen-bond acceptors (Lipinski definition) is 3. The molecule has 0 saturated heterocycles. The molecule has 4 heteroatoms. The number of allylic oxidation sites excluding steroid dienone is 2. The summed E-state index contributed by atoms with van der Waals surface area (Å²) in [6.07, 6.45) is 15.9. The van der Waals surface area contributed by atoms with E-state index in [0.29, 0.717) is 0 Å². The van der Waals surface area contributed by atoms with Crippen molar-refractivity contribution in [3.8, 4) is 0 Å². The van der Waals surface area contributed by atoms with Crippen molar-refractivity contribution in [3.63, 3.8) is 0 Å². The number of nitrogens with two attached hydrogens (primary N) is 1. The second kappa shape index (κ2) is 10.1. The molecule has 0 aromatic heterocycles. The lowest BCUT2D eigenvalue weighted by atomic mass is 9.89. The van der Waals surface area contributed by atoms with Gasteiger partial charge in [-0.05, 0) is 72.4 Å². The summed E-state index contributed by atoms with van der Waals surface area (Å²) >= 11 is 0. The number of nitrogens with one attached hydrogen (secondary N) is 2. The minimum Gasteiger partial charge on any atom is -0.368 e. The van der Waals surface area contributed by atoms with E-state index in [-0.39, 0.29) is 11.4 Å². The fraction of sp³-hybridized carbons (Fsp3) is 0.842. The molecular formula is C19H37N3O. The summed E-state index contributed by atoms with van der Waals surface area (Å²) in [7, 11) is 2.04. The molecule has 2 unspecified atom stereocenters. The topological polar surface area (TPSA) is 67.1 Å². The van der Waals surface area contributed by atoms with Crippen LogP contribution in [0.25, 0.3) is 0 Å². The third-order valence-electron chi connectivity index (χ3n) is 5.40. The summed E-state index contributed by atoms with van der Waals surface area (Å²) in [5.74, 6) is -0.242. The maximum absolute atomic E-state index is 11.9. The highest BCUT2D eigenvalue weighted by Crippen LogP contribution is 2.21. The molecule has 134 valence electrons. The highest BCUT2D eigenvalue weighted by atomic mass is 16.1. The van der Waals surface area contributed by atoms with Gasteiger partial charge in [-0.1, -0.05) is 31.4 Å². The van der Waals surface area contributed by atoms with E-state index < -0.39 is 5.54 Å². The predicted octanol–water partition coefficient (Wildman–Crippen LogP) is 3.27. The normalized spacial score (nSPS) is 33.9. The number of hydrogen-bond donors (Lipinski definition) is 3. The van der Waals surface area contributed by atoms with E-state index in [9.17, 15) is 4.79 Å². The molecule has 1 heterocycles. The van der Waals surface area contributed by atoms with Crippen LogP contribution in [0.3, 0.4) is 0 Å². The van der Waals surface area contributed by atoms with Crippen LogP contribution in [0.15, 0.2) is 12.2 Å². The molecule has 0 bridgehead atoms. The third-order valence-corrected chi connectivity index (χ3v) is 5.40. The second-order valence-corrected chi connectivity index (χ2v) is 7.50.